The van der Waals surface area contributed by atoms with Gasteiger partial charge in [-0.2, -0.15) is 0 Å². The number of pyridine rings is 1. The number of nitrogens with two attached hydrogens (primary N) is 1. The minimum Gasteiger partial charge on any atom is -0.508 e. The molecule has 3 aliphatic rings. The third-order valence-electron chi connectivity index (χ3n) is 13.4. The number of cyclic esters (lactones) is 1. The topological polar surface area (TPSA) is 220 Å². The Balaban J connectivity index is 1.23. The molecule has 2 fully saturated rings. The third kappa shape index (κ3) is 11.3. The van der Waals surface area contributed by atoms with Gasteiger partial charge < -0.3 is 50.6 Å². The van der Waals surface area contributed by atoms with Gasteiger partial charge in [0.15, 0.2) is 0 Å². The molecule has 7 rings (SSSR count). The summed E-state index contributed by atoms with van der Waals surface area (Å²) < 4.78 is 13.8. The molecule has 6 N–H and O–H groups in total. The van der Waals surface area contributed by atoms with Crippen LogP contribution in [0.2, 0.25) is 0 Å². The van der Waals surface area contributed by atoms with E-state index in [0.717, 1.165) is 38.9 Å². The Labute approximate surface area is 393 Å². The quantitative estimate of drug-likeness (QED) is 0.112. The van der Waals surface area contributed by atoms with Crippen LogP contribution in [0.5, 0.6) is 5.75 Å². The molecule has 4 atom stereocenters. The number of aryl methyl sites for hydroxylation is 1. The molecule has 2 aromatic heterocycles. The van der Waals surface area contributed by atoms with Gasteiger partial charge in [-0.25, -0.2) is 0 Å². The van der Waals surface area contributed by atoms with Crippen LogP contribution >= 0.6 is 0 Å². The fraction of sp³-hybridized carbons (Fsp3) is 0.529. The van der Waals surface area contributed by atoms with Crippen LogP contribution in [0.15, 0.2) is 54.9 Å². The summed E-state index contributed by atoms with van der Waals surface area (Å²) in [5, 5.41) is 21.2. The lowest BCUT2D eigenvalue weighted by Gasteiger charge is -2.37. The molecule has 4 amide bonds. The van der Waals surface area contributed by atoms with Gasteiger partial charge in [0, 0.05) is 93.5 Å². The second-order valence-electron chi connectivity index (χ2n) is 19.6. The van der Waals surface area contributed by atoms with Crippen LogP contribution in [0.3, 0.4) is 0 Å². The number of aromatic nitrogens is 2. The molecular formula is C51H68N8O8. The molecule has 0 unspecified atom stereocenters. The van der Waals surface area contributed by atoms with Gasteiger partial charge in [-0.05, 0) is 103 Å². The zero-order valence-electron chi connectivity index (χ0n) is 40.0. The molecular weight excluding hydrogens is 853 g/mol. The highest BCUT2D eigenvalue weighted by molar-refractivity contribution is 5.96. The molecule has 360 valence electrons. The van der Waals surface area contributed by atoms with Crippen LogP contribution in [0, 0.1) is 17.3 Å². The molecule has 5 heterocycles. The van der Waals surface area contributed by atoms with Gasteiger partial charge >= 0.3 is 5.97 Å². The first-order chi connectivity index (χ1) is 32.0. The van der Waals surface area contributed by atoms with Crippen molar-refractivity contribution in [1.82, 2.24) is 35.3 Å². The first-order valence-corrected chi connectivity index (χ1v) is 23.7. The van der Waals surface area contributed by atoms with Crippen molar-refractivity contribution in [2.45, 2.75) is 110 Å². The number of carbonyl (C=O) groups is 5. The van der Waals surface area contributed by atoms with E-state index in [2.05, 4.69) is 58.4 Å². The predicted molar refractivity (Wildman–Crippen MR) is 255 cm³/mol. The molecule has 3 aliphatic heterocycles. The first kappa shape index (κ1) is 49.1. The maximum absolute atomic E-state index is 14.4. The highest BCUT2D eigenvalue weighted by Gasteiger charge is 2.39. The summed E-state index contributed by atoms with van der Waals surface area (Å²) in [6, 6.07) is 10.3. The van der Waals surface area contributed by atoms with Crippen molar-refractivity contribution < 1.29 is 38.6 Å². The van der Waals surface area contributed by atoms with Gasteiger partial charge in [-0.15, -0.1) is 0 Å². The van der Waals surface area contributed by atoms with E-state index in [4.69, 9.17) is 15.2 Å². The summed E-state index contributed by atoms with van der Waals surface area (Å²) >= 11 is 0. The molecule has 2 saturated heterocycles. The number of hydrogen-bond donors (Lipinski definition) is 5. The normalized spacial score (nSPS) is 21.1. The number of fused-ring (bicyclic) bond motifs is 4. The predicted octanol–water partition coefficient (Wildman–Crippen LogP) is 4.31. The fourth-order valence-corrected chi connectivity index (χ4v) is 9.83. The fourth-order valence-electron chi connectivity index (χ4n) is 9.83. The summed E-state index contributed by atoms with van der Waals surface area (Å²) in [7, 11) is 3.29. The lowest BCUT2D eigenvalue weighted by atomic mass is 9.84. The Morgan fingerprint density at radius 2 is 1.82 bits per heavy atom. The second kappa shape index (κ2) is 21.0. The van der Waals surface area contributed by atoms with E-state index in [1.54, 1.807) is 37.4 Å². The smallest absolute Gasteiger partial charge is 0.322 e. The number of phenolic OH excluding ortho intramolecular Hbond substituents is 1. The largest absolute Gasteiger partial charge is 0.508 e. The van der Waals surface area contributed by atoms with Gasteiger partial charge in [0.1, 0.15) is 23.9 Å². The zero-order valence-corrected chi connectivity index (χ0v) is 40.0. The summed E-state index contributed by atoms with van der Waals surface area (Å²) in [5.41, 5.74) is 12.9. The molecule has 0 aliphatic carbocycles. The van der Waals surface area contributed by atoms with Crippen molar-refractivity contribution in [2.24, 2.45) is 23.0 Å². The first-order valence-electron chi connectivity index (χ1n) is 23.7. The Bertz CT molecular complexity index is 2470. The molecule has 0 saturated carbocycles. The van der Waals surface area contributed by atoms with E-state index in [0.29, 0.717) is 69.6 Å². The number of esters is 1. The highest BCUT2D eigenvalue weighted by Crippen LogP contribution is 2.41. The van der Waals surface area contributed by atoms with Crippen LogP contribution in [-0.2, 0) is 59.4 Å². The number of carbonyl (C=O) groups excluding carboxylic acids is 5. The number of ether oxygens (including phenoxy) is 2. The monoisotopic (exact) mass is 921 g/mol. The van der Waals surface area contributed by atoms with Crippen molar-refractivity contribution in [3.05, 3.63) is 71.5 Å². The molecule has 16 nitrogen and oxygen atoms in total. The number of aromatic hydroxyl groups is 1. The van der Waals surface area contributed by atoms with Crippen LogP contribution in [0.25, 0.3) is 33.3 Å². The van der Waals surface area contributed by atoms with Crippen LogP contribution < -0.4 is 21.7 Å². The number of likely N-dealkylation sites (tertiary alicyclic amines) is 1. The van der Waals surface area contributed by atoms with Gasteiger partial charge in [0.05, 0.1) is 24.9 Å². The maximum Gasteiger partial charge on any atom is 0.322 e. The summed E-state index contributed by atoms with van der Waals surface area (Å²) in [5.74, 6) is -2.27. The number of likely N-dealkylation sites (N-methyl/N-ethyl adjacent to an activating group) is 1. The summed E-state index contributed by atoms with van der Waals surface area (Å²) in [4.78, 5) is 76.3. The molecule has 4 bridgehead atoms. The number of methoxy groups -OCH3 is 1. The Kier molecular flexibility index (Phi) is 15.4. The minimum atomic E-state index is -1.10. The summed E-state index contributed by atoms with van der Waals surface area (Å²) in [6.07, 6.45) is 5.79. The zero-order chi connectivity index (χ0) is 48.2. The van der Waals surface area contributed by atoms with Gasteiger partial charge in [0.2, 0.25) is 23.6 Å². The molecule has 0 spiro atoms. The molecule has 4 aromatic rings. The number of rotatable bonds is 10. The third-order valence-corrected chi connectivity index (χ3v) is 13.4. The number of nitrogens with zero attached hydrogens (tertiary/aromatic N) is 4. The number of piperidine rings is 1. The van der Waals surface area contributed by atoms with Crippen LogP contribution in [-0.4, -0.2) is 125 Å². The van der Waals surface area contributed by atoms with Crippen molar-refractivity contribution in [1.29, 1.82) is 0 Å². The average molecular weight is 921 g/mol. The highest BCUT2D eigenvalue weighted by atomic mass is 16.5. The number of benzene rings is 2. The standard InChI is InChI=1S/C51H68N8O8/c1-8-59-43-12-11-33-24-37(43)38(45(59)39-26-53-17-13-34(39)28-66-7)25-51(4,5)29-67-50(65)40(52)10-9-16-54-46(61)41(22-31-20-35(33)23-36(60)21-31)56-47(62)44(30(2)3)57(6)48(63)32-14-18-58(19-15-32)49(64)42-27-55-42/h11-13,17,20-21,23-24,26,30,32,40-42,44,55,60H,8-10,14-16,18-19,22,25,27-29,52H2,1-7H3,(H,54,61)(H,56,62)/t40-,41-,42-,44-/m0/s1. The molecule has 0 radical (unpaired) electrons. The Morgan fingerprint density at radius 3 is 2.51 bits per heavy atom. The summed E-state index contributed by atoms with van der Waals surface area (Å²) in [6.45, 7) is 12.9. The van der Waals surface area contributed by atoms with Gasteiger partial charge in [-0.3, -0.25) is 29.0 Å². The molecule has 16 heteroatoms. The molecule has 67 heavy (non-hydrogen) atoms. The van der Waals surface area contributed by atoms with E-state index in [-0.39, 0.29) is 61.4 Å². The number of hydrogen-bond acceptors (Lipinski definition) is 11. The number of amides is 4. The van der Waals surface area contributed by atoms with Gasteiger partial charge in [-0.1, -0.05) is 39.8 Å². The number of phenols is 1. The lowest BCUT2D eigenvalue weighted by Crippen LogP contribution is -2.57. The van der Waals surface area contributed by atoms with Crippen LogP contribution in [0.1, 0.15) is 77.0 Å². The second-order valence-corrected chi connectivity index (χ2v) is 19.6. The minimum absolute atomic E-state index is 0.00435. The van der Waals surface area contributed by atoms with Crippen molar-refractivity contribution in [3.63, 3.8) is 0 Å². The van der Waals surface area contributed by atoms with Crippen molar-refractivity contribution in [3.8, 4) is 28.1 Å². The van der Waals surface area contributed by atoms with Crippen LogP contribution in [0.4, 0.5) is 0 Å². The molecule has 2 aromatic carbocycles. The average Bonchev–Trinajstić information content (AvgIpc) is 4.11. The van der Waals surface area contributed by atoms with Crippen molar-refractivity contribution in [2.75, 3.05) is 46.9 Å². The van der Waals surface area contributed by atoms with E-state index in [1.165, 1.54) is 4.90 Å². The van der Waals surface area contributed by atoms with Gasteiger partial charge in [0.25, 0.3) is 0 Å². The van der Waals surface area contributed by atoms with E-state index >= 15 is 0 Å². The van der Waals surface area contributed by atoms with E-state index in [1.807, 2.05) is 38.2 Å². The SMILES string of the molecule is CCn1c(-c2cnccc2COC)c2c3cc(ccc31)-c1cc(O)cc(c1)C[C@H](NC(=O)[C@H](C(C)C)N(C)C(=O)C1CCN(C(=O)[C@@H]3CN3)CC1)C(=O)NCCC[C@H](N)C(=O)OCC(C)(C)C2. The van der Waals surface area contributed by atoms with E-state index in [9.17, 15) is 29.1 Å². The maximum atomic E-state index is 14.4. The van der Waals surface area contributed by atoms with Crippen molar-refractivity contribution >= 4 is 40.5 Å². The Morgan fingerprint density at radius 1 is 1.07 bits per heavy atom. The number of nitrogens with one attached hydrogen (secondary N) is 3. The van der Waals surface area contributed by atoms with E-state index < -0.39 is 41.3 Å². The lowest BCUT2D eigenvalue weighted by molar-refractivity contribution is -0.148. The Hall–Kier alpha value is -5.84.